The van der Waals surface area contributed by atoms with E-state index in [-0.39, 0.29) is 17.5 Å². The Balaban J connectivity index is 1.43. The molecular formula is C38H40O3. The Labute approximate surface area is 244 Å². The number of ketones is 2. The number of hydrogen-bond donors (Lipinski definition) is 1. The van der Waals surface area contributed by atoms with E-state index in [4.69, 9.17) is 0 Å². The van der Waals surface area contributed by atoms with Crippen molar-refractivity contribution in [2.75, 3.05) is 0 Å². The normalized spacial score (nSPS) is 22.4. The average Bonchev–Trinajstić information content (AvgIpc) is 3.02. The monoisotopic (exact) mass is 544 g/mol. The molecule has 4 aromatic rings. The van der Waals surface area contributed by atoms with Crippen LogP contribution in [0.2, 0.25) is 0 Å². The van der Waals surface area contributed by atoms with Crippen molar-refractivity contribution in [3.63, 3.8) is 0 Å². The van der Waals surface area contributed by atoms with Crippen LogP contribution in [0.25, 0.3) is 0 Å². The molecule has 0 saturated heterocycles. The van der Waals surface area contributed by atoms with Crippen molar-refractivity contribution >= 4 is 11.6 Å². The predicted molar refractivity (Wildman–Crippen MR) is 164 cm³/mol. The Bertz CT molecular complexity index is 1380. The molecule has 5 rings (SSSR count). The molecule has 4 aromatic carbocycles. The molecule has 0 heterocycles. The third kappa shape index (κ3) is 7.48. The van der Waals surface area contributed by atoms with E-state index in [9.17, 15) is 14.7 Å². The minimum Gasteiger partial charge on any atom is -0.389 e. The lowest BCUT2D eigenvalue weighted by Crippen LogP contribution is -2.55. The van der Waals surface area contributed by atoms with Crippen LogP contribution in [0.1, 0.15) is 47.9 Å². The summed E-state index contributed by atoms with van der Waals surface area (Å²) in [5.74, 6) is -1.56. The van der Waals surface area contributed by atoms with Crippen LogP contribution in [0.5, 0.6) is 0 Å². The molecule has 210 valence electrons. The average molecular weight is 545 g/mol. The van der Waals surface area contributed by atoms with E-state index in [0.717, 1.165) is 23.1 Å². The molecule has 1 aliphatic rings. The zero-order valence-corrected chi connectivity index (χ0v) is 23.7. The standard InChI is InChI=1S/C38H40O3/c39-35(24-22-30-15-7-2-8-16-30)36-33(23-21-29-13-5-1-6-14-29)28-38(41,26-25-31-17-9-3-10-18-31)34(37(36)40)27-32-19-11-4-12-20-32/h1-20,33-34,36,41H,21-28H2. The molecule has 0 spiro atoms. The van der Waals surface area contributed by atoms with Gasteiger partial charge in [0.1, 0.15) is 11.6 Å². The van der Waals surface area contributed by atoms with E-state index < -0.39 is 17.4 Å². The molecule has 1 saturated carbocycles. The molecule has 1 N–H and O–H groups in total. The summed E-state index contributed by atoms with van der Waals surface area (Å²) in [5.41, 5.74) is 3.27. The fraction of sp³-hybridized carbons (Fsp3) is 0.316. The fourth-order valence-corrected chi connectivity index (χ4v) is 6.60. The number of Topliss-reactive ketones (excluding diaryl/α,β-unsaturated/α-hetero) is 2. The highest BCUT2D eigenvalue weighted by molar-refractivity contribution is 6.05. The van der Waals surface area contributed by atoms with Gasteiger partial charge in [-0.1, -0.05) is 121 Å². The van der Waals surface area contributed by atoms with Crippen molar-refractivity contribution in [3.05, 3.63) is 144 Å². The van der Waals surface area contributed by atoms with Crippen LogP contribution < -0.4 is 0 Å². The van der Waals surface area contributed by atoms with Crippen LogP contribution in [-0.2, 0) is 35.3 Å². The molecule has 0 aliphatic heterocycles. The van der Waals surface area contributed by atoms with Gasteiger partial charge in [-0.2, -0.15) is 0 Å². The van der Waals surface area contributed by atoms with E-state index in [1.54, 1.807) is 0 Å². The lowest BCUT2D eigenvalue weighted by Gasteiger charge is -2.46. The molecule has 3 heteroatoms. The zero-order chi connectivity index (χ0) is 28.5. The molecule has 41 heavy (non-hydrogen) atoms. The first-order valence-corrected chi connectivity index (χ1v) is 15.0. The van der Waals surface area contributed by atoms with E-state index in [2.05, 4.69) is 24.3 Å². The molecule has 1 fully saturated rings. The number of benzene rings is 4. The highest BCUT2D eigenvalue weighted by atomic mass is 16.3. The van der Waals surface area contributed by atoms with Gasteiger partial charge in [-0.05, 0) is 73.1 Å². The lowest BCUT2D eigenvalue weighted by molar-refractivity contribution is -0.156. The van der Waals surface area contributed by atoms with Gasteiger partial charge in [-0.25, -0.2) is 0 Å². The van der Waals surface area contributed by atoms with Gasteiger partial charge >= 0.3 is 0 Å². The van der Waals surface area contributed by atoms with Gasteiger partial charge in [0.05, 0.1) is 17.4 Å². The summed E-state index contributed by atoms with van der Waals surface area (Å²) in [6.07, 6.45) is 4.51. The van der Waals surface area contributed by atoms with Crippen LogP contribution in [0.4, 0.5) is 0 Å². The fourth-order valence-electron chi connectivity index (χ4n) is 6.60. The Morgan fingerprint density at radius 2 is 1.12 bits per heavy atom. The number of rotatable bonds is 12. The van der Waals surface area contributed by atoms with Crippen molar-refractivity contribution in [1.82, 2.24) is 0 Å². The molecule has 0 amide bonds. The smallest absolute Gasteiger partial charge is 0.149 e. The first kappa shape index (κ1) is 28.7. The van der Waals surface area contributed by atoms with Gasteiger partial charge in [0.2, 0.25) is 0 Å². The third-order valence-corrected chi connectivity index (χ3v) is 8.85. The Morgan fingerprint density at radius 1 is 0.659 bits per heavy atom. The largest absolute Gasteiger partial charge is 0.389 e. The van der Waals surface area contributed by atoms with Gasteiger partial charge in [0.25, 0.3) is 0 Å². The minimum atomic E-state index is -1.18. The van der Waals surface area contributed by atoms with E-state index in [1.165, 1.54) is 5.56 Å². The first-order chi connectivity index (χ1) is 20.0. The van der Waals surface area contributed by atoms with E-state index >= 15 is 0 Å². The van der Waals surface area contributed by atoms with Crippen molar-refractivity contribution in [1.29, 1.82) is 0 Å². The summed E-state index contributed by atoms with van der Waals surface area (Å²) < 4.78 is 0. The zero-order valence-electron chi connectivity index (χ0n) is 23.7. The maximum absolute atomic E-state index is 14.5. The number of carbonyl (C=O) groups is 2. The lowest BCUT2D eigenvalue weighted by atomic mass is 9.59. The van der Waals surface area contributed by atoms with Crippen molar-refractivity contribution in [2.24, 2.45) is 17.8 Å². The van der Waals surface area contributed by atoms with E-state index in [1.807, 2.05) is 97.1 Å². The minimum absolute atomic E-state index is 0.0140. The summed E-state index contributed by atoms with van der Waals surface area (Å²) in [6, 6.07) is 40.3. The Hall–Kier alpha value is -3.82. The van der Waals surface area contributed by atoms with Crippen LogP contribution in [-0.4, -0.2) is 22.3 Å². The van der Waals surface area contributed by atoms with Gasteiger partial charge in [0.15, 0.2) is 0 Å². The molecule has 3 nitrogen and oxygen atoms in total. The Kier molecular flexibility index (Phi) is 9.59. The number of hydrogen-bond acceptors (Lipinski definition) is 3. The summed E-state index contributed by atoms with van der Waals surface area (Å²) >= 11 is 0. The van der Waals surface area contributed by atoms with Crippen LogP contribution in [0.15, 0.2) is 121 Å². The molecule has 0 bridgehead atoms. The summed E-state index contributed by atoms with van der Waals surface area (Å²) in [6.45, 7) is 0. The van der Waals surface area contributed by atoms with Crippen LogP contribution in [0.3, 0.4) is 0 Å². The molecule has 4 atom stereocenters. The summed E-state index contributed by atoms with van der Waals surface area (Å²) in [5, 5.41) is 12.4. The SMILES string of the molecule is O=C(CCc1ccccc1)C1C(=O)C(Cc2ccccc2)C(O)(CCc2ccccc2)CC1CCc1ccccc1. The maximum atomic E-state index is 14.5. The molecular weight excluding hydrogens is 504 g/mol. The molecule has 1 aliphatic carbocycles. The van der Waals surface area contributed by atoms with Crippen LogP contribution >= 0.6 is 0 Å². The quantitative estimate of drug-likeness (QED) is 0.191. The van der Waals surface area contributed by atoms with Crippen molar-refractivity contribution in [2.45, 2.75) is 57.0 Å². The van der Waals surface area contributed by atoms with Crippen LogP contribution in [0, 0.1) is 17.8 Å². The third-order valence-electron chi connectivity index (χ3n) is 8.85. The number of aliphatic hydroxyl groups is 1. The van der Waals surface area contributed by atoms with Gasteiger partial charge < -0.3 is 5.11 Å². The number of aryl methyl sites for hydroxylation is 3. The van der Waals surface area contributed by atoms with Gasteiger partial charge in [0, 0.05) is 6.42 Å². The molecule has 0 radical (unpaired) electrons. The number of carbonyl (C=O) groups excluding carboxylic acids is 2. The second-order valence-electron chi connectivity index (χ2n) is 11.7. The molecule has 0 aromatic heterocycles. The highest BCUT2D eigenvalue weighted by Crippen LogP contribution is 2.45. The van der Waals surface area contributed by atoms with Gasteiger partial charge in [-0.15, -0.1) is 0 Å². The van der Waals surface area contributed by atoms with Crippen molar-refractivity contribution in [3.8, 4) is 0 Å². The Morgan fingerprint density at radius 3 is 1.66 bits per heavy atom. The highest BCUT2D eigenvalue weighted by Gasteiger charge is 2.53. The topological polar surface area (TPSA) is 54.4 Å². The summed E-state index contributed by atoms with van der Waals surface area (Å²) in [4.78, 5) is 28.3. The van der Waals surface area contributed by atoms with E-state index in [0.29, 0.717) is 44.9 Å². The van der Waals surface area contributed by atoms with Gasteiger partial charge in [-0.3, -0.25) is 9.59 Å². The summed E-state index contributed by atoms with van der Waals surface area (Å²) in [7, 11) is 0. The maximum Gasteiger partial charge on any atom is 0.149 e. The second-order valence-corrected chi connectivity index (χ2v) is 11.7. The van der Waals surface area contributed by atoms with Crippen molar-refractivity contribution < 1.29 is 14.7 Å². The predicted octanol–water partition coefficient (Wildman–Crippen LogP) is 7.25. The first-order valence-electron chi connectivity index (χ1n) is 15.0. The molecule has 4 unspecified atom stereocenters. The second kappa shape index (κ2) is 13.7.